The number of aryl methyl sites for hydroxylation is 1. The number of thioether (sulfide) groups is 1. The highest BCUT2D eigenvalue weighted by molar-refractivity contribution is 7.99. The number of piperidine rings is 1. The number of fused-ring (bicyclic) bond motifs is 1. The van der Waals surface area contributed by atoms with Gasteiger partial charge in [-0.1, -0.05) is 12.1 Å². The lowest BCUT2D eigenvalue weighted by Gasteiger charge is -2.25. The molecule has 1 N–H and O–H groups in total. The molecule has 0 spiro atoms. The molecular weight excluding hydrogens is 214 g/mol. The summed E-state index contributed by atoms with van der Waals surface area (Å²) >= 11 is 2.03. The van der Waals surface area contributed by atoms with Crippen molar-refractivity contribution in [3.8, 4) is 0 Å². The van der Waals surface area contributed by atoms with Crippen molar-refractivity contribution in [2.75, 3.05) is 18.8 Å². The van der Waals surface area contributed by atoms with E-state index in [1.807, 2.05) is 11.8 Å². The topological polar surface area (TPSA) is 12.0 Å². The van der Waals surface area contributed by atoms with Crippen molar-refractivity contribution in [3.05, 3.63) is 29.3 Å². The molecule has 1 aromatic carbocycles. The molecule has 0 amide bonds. The molecule has 86 valence electrons. The maximum absolute atomic E-state index is 3.44. The van der Waals surface area contributed by atoms with Crippen LogP contribution in [0, 0.1) is 0 Å². The molecule has 1 saturated heterocycles. The van der Waals surface area contributed by atoms with E-state index in [2.05, 4.69) is 23.5 Å². The second kappa shape index (κ2) is 4.80. The van der Waals surface area contributed by atoms with Crippen LogP contribution < -0.4 is 5.32 Å². The van der Waals surface area contributed by atoms with Crippen LogP contribution in [0.1, 0.15) is 36.3 Å². The average Bonchev–Trinajstić information content (AvgIpc) is 2.39. The smallest absolute Gasteiger partial charge is 0.0104 e. The molecule has 0 atom stereocenters. The Hall–Kier alpha value is -0.470. The highest BCUT2D eigenvalue weighted by Gasteiger charge is 2.17. The number of rotatable bonds is 1. The first kappa shape index (κ1) is 10.7. The third-order valence-corrected chi connectivity index (χ3v) is 4.95. The Bertz CT molecular complexity index is 369. The lowest BCUT2D eigenvalue weighted by molar-refractivity contribution is 0.460. The van der Waals surface area contributed by atoms with Crippen LogP contribution in [0.5, 0.6) is 0 Å². The normalized spacial score (nSPS) is 21.8. The van der Waals surface area contributed by atoms with E-state index in [1.54, 1.807) is 11.1 Å². The molecule has 1 aromatic rings. The SMILES string of the molecule is c1cc2c(cc1C1CCNCC1)CCCS2. The summed E-state index contributed by atoms with van der Waals surface area (Å²) in [4.78, 5) is 1.53. The first-order chi connectivity index (χ1) is 7.93. The molecule has 1 fully saturated rings. The minimum atomic E-state index is 0.804. The molecule has 0 radical (unpaired) electrons. The van der Waals surface area contributed by atoms with Gasteiger partial charge in [-0.05, 0) is 67.6 Å². The number of hydrogen-bond acceptors (Lipinski definition) is 2. The van der Waals surface area contributed by atoms with Gasteiger partial charge in [0.2, 0.25) is 0 Å². The van der Waals surface area contributed by atoms with Gasteiger partial charge in [0.15, 0.2) is 0 Å². The molecule has 0 aromatic heterocycles. The van der Waals surface area contributed by atoms with Gasteiger partial charge in [-0.3, -0.25) is 0 Å². The molecule has 1 nitrogen and oxygen atoms in total. The minimum Gasteiger partial charge on any atom is -0.317 e. The van der Waals surface area contributed by atoms with E-state index in [4.69, 9.17) is 0 Å². The Kier molecular flexibility index (Phi) is 3.20. The van der Waals surface area contributed by atoms with E-state index in [9.17, 15) is 0 Å². The number of nitrogens with one attached hydrogen (secondary N) is 1. The van der Waals surface area contributed by atoms with E-state index in [-0.39, 0.29) is 0 Å². The van der Waals surface area contributed by atoms with E-state index >= 15 is 0 Å². The Morgan fingerprint density at radius 2 is 2.06 bits per heavy atom. The number of benzene rings is 1. The third-order valence-electron chi connectivity index (χ3n) is 3.74. The van der Waals surface area contributed by atoms with Crippen molar-refractivity contribution < 1.29 is 0 Å². The monoisotopic (exact) mass is 233 g/mol. The standard InChI is InChI=1S/C14H19NS/c1-2-13-10-12(3-4-14(13)16-9-1)11-5-7-15-8-6-11/h3-4,10-11,15H,1-2,5-9H2. The van der Waals surface area contributed by atoms with Crippen LogP contribution in [0.15, 0.2) is 23.1 Å². The van der Waals surface area contributed by atoms with E-state index in [0.29, 0.717) is 0 Å². The zero-order valence-corrected chi connectivity index (χ0v) is 10.5. The van der Waals surface area contributed by atoms with Crippen molar-refractivity contribution >= 4 is 11.8 Å². The summed E-state index contributed by atoms with van der Waals surface area (Å²) in [5, 5.41) is 3.44. The van der Waals surface area contributed by atoms with Gasteiger partial charge in [0, 0.05) is 4.90 Å². The Balaban J connectivity index is 1.84. The predicted octanol–water partition coefficient (Wildman–Crippen LogP) is 3.19. The van der Waals surface area contributed by atoms with Crippen molar-refractivity contribution in [1.29, 1.82) is 0 Å². The van der Waals surface area contributed by atoms with Crippen molar-refractivity contribution in [2.45, 2.75) is 36.5 Å². The van der Waals surface area contributed by atoms with Crippen LogP contribution in [-0.2, 0) is 6.42 Å². The average molecular weight is 233 g/mol. The van der Waals surface area contributed by atoms with Gasteiger partial charge in [0.25, 0.3) is 0 Å². The molecule has 2 aliphatic rings. The summed E-state index contributed by atoms with van der Waals surface area (Å²) in [5.41, 5.74) is 3.19. The lowest BCUT2D eigenvalue weighted by atomic mass is 9.89. The Morgan fingerprint density at radius 1 is 1.19 bits per heavy atom. The molecular formula is C14H19NS. The molecule has 0 saturated carbocycles. The Morgan fingerprint density at radius 3 is 2.94 bits per heavy atom. The fourth-order valence-corrected chi connectivity index (χ4v) is 3.81. The van der Waals surface area contributed by atoms with Crippen LogP contribution in [0.3, 0.4) is 0 Å². The van der Waals surface area contributed by atoms with E-state index in [1.165, 1.54) is 49.4 Å². The zero-order chi connectivity index (χ0) is 10.8. The fraction of sp³-hybridized carbons (Fsp3) is 0.571. The quantitative estimate of drug-likeness (QED) is 0.799. The third kappa shape index (κ3) is 2.14. The summed E-state index contributed by atoms with van der Waals surface area (Å²) in [6.07, 6.45) is 5.27. The molecule has 2 heteroatoms. The molecule has 0 unspecified atom stereocenters. The summed E-state index contributed by atoms with van der Waals surface area (Å²) in [5.74, 6) is 2.11. The Labute approximate surface area is 102 Å². The lowest BCUT2D eigenvalue weighted by Crippen LogP contribution is -2.26. The highest BCUT2D eigenvalue weighted by Crippen LogP contribution is 2.34. The van der Waals surface area contributed by atoms with Gasteiger partial charge < -0.3 is 5.32 Å². The van der Waals surface area contributed by atoms with Crippen LogP contribution >= 0.6 is 11.8 Å². The predicted molar refractivity (Wildman–Crippen MR) is 70.3 cm³/mol. The van der Waals surface area contributed by atoms with Gasteiger partial charge >= 0.3 is 0 Å². The summed E-state index contributed by atoms with van der Waals surface area (Å²) in [6.45, 7) is 2.38. The van der Waals surface area contributed by atoms with Crippen molar-refractivity contribution in [1.82, 2.24) is 5.32 Å². The highest BCUT2D eigenvalue weighted by atomic mass is 32.2. The maximum Gasteiger partial charge on any atom is 0.0104 e. The second-order valence-electron chi connectivity index (χ2n) is 4.84. The van der Waals surface area contributed by atoms with Gasteiger partial charge in [0.1, 0.15) is 0 Å². The first-order valence-corrected chi connectivity index (χ1v) is 7.38. The van der Waals surface area contributed by atoms with Gasteiger partial charge in [-0.2, -0.15) is 0 Å². The van der Waals surface area contributed by atoms with Crippen molar-refractivity contribution in [2.24, 2.45) is 0 Å². The minimum absolute atomic E-state index is 0.804. The summed E-state index contributed by atoms with van der Waals surface area (Å²) in [7, 11) is 0. The maximum atomic E-state index is 3.44. The van der Waals surface area contributed by atoms with Gasteiger partial charge in [-0.25, -0.2) is 0 Å². The van der Waals surface area contributed by atoms with E-state index in [0.717, 1.165) is 5.92 Å². The molecule has 16 heavy (non-hydrogen) atoms. The molecule has 2 aliphatic heterocycles. The van der Waals surface area contributed by atoms with Crippen molar-refractivity contribution in [3.63, 3.8) is 0 Å². The molecule has 3 rings (SSSR count). The van der Waals surface area contributed by atoms with Crippen LogP contribution in [0.25, 0.3) is 0 Å². The molecule has 0 bridgehead atoms. The summed E-state index contributed by atoms with van der Waals surface area (Å²) < 4.78 is 0. The van der Waals surface area contributed by atoms with Gasteiger partial charge in [0.05, 0.1) is 0 Å². The van der Waals surface area contributed by atoms with Crippen LogP contribution in [0.2, 0.25) is 0 Å². The fourth-order valence-electron chi connectivity index (χ4n) is 2.79. The first-order valence-electron chi connectivity index (χ1n) is 6.40. The second-order valence-corrected chi connectivity index (χ2v) is 5.98. The largest absolute Gasteiger partial charge is 0.317 e. The zero-order valence-electron chi connectivity index (χ0n) is 9.67. The van der Waals surface area contributed by atoms with Crippen LogP contribution in [-0.4, -0.2) is 18.8 Å². The number of hydrogen-bond donors (Lipinski definition) is 1. The molecule has 0 aliphatic carbocycles. The molecule has 2 heterocycles. The summed E-state index contributed by atoms with van der Waals surface area (Å²) in [6, 6.07) is 7.21. The van der Waals surface area contributed by atoms with Crippen LogP contribution in [0.4, 0.5) is 0 Å². The van der Waals surface area contributed by atoms with E-state index < -0.39 is 0 Å². The van der Waals surface area contributed by atoms with Gasteiger partial charge in [-0.15, -0.1) is 11.8 Å².